The number of hydrogen-bond donors (Lipinski definition) is 2. The number of nitrogens with zero attached hydrogens (tertiary/aromatic N) is 1. The highest BCUT2D eigenvalue weighted by atomic mass is 16.2. The molecule has 0 radical (unpaired) electrons. The van der Waals surface area contributed by atoms with Crippen molar-refractivity contribution < 1.29 is 4.79 Å². The van der Waals surface area contributed by atoms with Crippen LogP contribution in [0.5, 0.6) is 0 Å². The second-order valence-electron chi connectivity index (χ2n) is 4.22. The second-order valence-corrected chi connectivity index (χ2v) is 4.22. The highest BCUT2D eigenvalue weighted by Crippen LogP contribution is 2.05. The Labute approximate surface area is 99.8 Å². The van der Waals surface area contributed by atoms with Crippen molar-refractivity contribution >= 4 is 5.91 Å². The molecule has 2 rings (SSSR count). The smallest absolute Gasteiger partial charge is 0.260 e. The summed E-state index contributed by atoms with van der Waals surface area (Å²) in [5, 5.41) is 2.77. The van der Waals surface area contributed by atoms with Crippen LogP contribution in [0.4, 0.5) is 0 Å². The van der Waals surface area contributed by atoms with Gasteiger partial charge in [0.2, 0.25) is 0 Å². The van der Waals surface area contributed by atoms with Gasteiger partial charge in [0, 0.05) is 19.3 Å². The van der Waals surface area contributed by atoms with E-state index >= 15 is 0 Å². The Kier molecular flexibility index (Phi) is 3.93. The Morgan fingerprint density at radius 2 is 2.18 bits per heavy atom. The van der Waals surface area contributed by atoms with E-state index in [1.807, 2.05) is 0 Å². The van der Waals surface area contributed by atoms with E-state index in [9.17, 15) is 9.59 Å². The Bertz CT molecular complexity index is 435. The number of carbonyl (C=O) groups excluding carboxylic acids is 1. The molecule has 5 heteroatoms. The van der Waals surface area contributed by atoms with Gasteiger partial charge in [-0.25, -0.2) is 0 Å². The van der Waals surface area contributed by atoms with Gasteiger partial charge in [-0.3, -0.25) is 9.59 Å². The minimum Gasteiger partial charge on any atom is -0.351 e. The molecule has 1 aromatic heterocycles. The van der Waals surface area contributed by atoms with Gasteiger partial charge in [0.15, 0.2) is 0 Å². The maximum atomic E-state index is 11.7. The topological polar surface area (TPSA) is 65.2 Å². The Balaban J connectivity index is 1.81. The van der Waals surface area contributed by atoms with E-state index in [2.05, 4.69) is 15.2 Å². The van der Waals surface area contributed by atoms with Crippen LogP contribution in [-0.2, 0) is 0 Å². The third kappa shape index (κ3) is 3.17. The van der Waals surface area contributed by atoms with Crippen LogP contribution in [0, 0.1) is 0 Å². The maximum Gasteiger partial charge on any atom is 0.260 e. The number of pyridine rings is 1. The van der Waals surface area contributed by atoms with Gasteiger partial charge < -0.3 is 15.2 Å². The Morgan fingerprint density at radius 3 is 2.88 bits per heavy atom. The fraction of sp³-hybridized carbons (Fsp3) is 0.500. The first-order valence-electron chi connectivity index (χ1n) is 5.95. The molecule has 5 nitrogen and oxygen atoms in total. The zero-order chi connectivity index (χ0) is 12.1. The lowest BCUT2D eigenvalue weighted by molar-refractivity contribution is 0.0948. The van der Waals surface area contributed by atoms with Crippen LogP contribution in [0.1, 0.15) is 23.2 Å². The Morgan fingerprint density at radius 1 is 1.41 bits per heavy atom. The number of carbonyl (C=O) groups is 1. The molecular formula is C12H17N3O2. The van der Waals surface area contributed by atoms with E-state index in [0.29, 0.717) is 6.54 Å². The molecular weight excluding hydrogens is 218 g/mol. The van der Waals surface area contributed by atoms with Crippen LogP contribution >= 0.6 is 0 Å². The van der Waals surface area contributed by atoms with Gasteiger partial charge in [-0.1, -0.05) is 0 Å². The Hall–Kier alpha value is -1.62. The van der Waals surface area contributed by atoms with Gasteiger partial charge >= 0.3 is 0 Å². The zero-order valence-corrected chi connectivity index (χ0v) is 9.74. The maximum absolute atomic E-state index is 11.7. The molecule has 0 atom stereocenters. The first-order chi connectivity index (χ1) is 8.27. The largest absolute Gasteiger partial charge is 0.351 e. The molecule has 1 aliphatic heterocycles. The first-order valence-corrected chi connectivity index (χ1v) is 5.95. The van der Waals surface area contributed by atoms with E-state index in [-0.39, 0.29) is 17.0 Å². The van der Waals surface area contributed by atoms with Crippen molar-refractivity contribution in [3.05, 3.63) is 34.2 Å². The summed E-state index contributed by atoms with van der Waals surface area (Å²) in [7, 11) is 0. The van der Waals surface area contributed by atoms with Crippen LogP contribution in [0.3, 0.4) is 0 Å². The van der Waals surface area contributed by atoms with E-state index < -0.39 is 0 Å². The number of aromatic amines is 1. The molecule has 92 valence electrons. The number of nitrogens with one attached hydrogen (secondary N) is 2. The number of hydrogen-bond acceptors (Lipinski definition) is 3. The number of H-pyrrole nitrogens is 1. The number of amides is 1. The van der Waals surface area contributed by atoms with Crippen LogP contribution in [0.2, 0.25) is 0 Å². The van der Waals surface area contributed by atoms with Crippen molar-refractivity contribution in [2.45, 2.75) is 12.8 Å². The molecule has 0 spiro atoms. The fourth-order valence-corrected chi connectivity index (χ4v) is 2.03. The van der Waals surface area contributed by atoms with E-state index in [4.69, 9.17) is 0 Å². The van der Waals surface area contributed by atoms with Crippen molar-refractivity contribution in [1.29, 1.82) is 0 Å². The summed E-state index contributed by atoms with van der Waals surface area (Å²) in [6, 6.07) is 3.18. The normalized spacial score (nSPS) is 16.0. The molecule has 0 unspecified atom stereocenters. The van der Waals surface area contributed by atoms with Crippen LogP contribution in [-0.4, -0.2) is 42.0 Å². The second kappa shape index (κ2) is 5.63. The third-order valence-corrected chi connectivity index (χ3v) is 2.98. The van der Waals surface area contributed by atoms with Gasteiger partial charge in [0.1, 0.15) is 5.56 Å². The summed E-state index contributed by atoms with van der Waals surface area (Å²) in [6.45, 7) is 3.67. The summed E-state index contributed by atoms with van der Waals surface area (Å²) in [4.78, 5) is 27.8. The molecule has 1 saturated heterocycles. The molecule has 0 aromatic carbocycles. The van der Waals surface area contributed by atoms with Crippen molar-refractivity contribution in [2.75, 3.05) is 26.2 Å². The van der Waals surface area contributed by atoms with Gasteiger partial charge in [0.05, 0.1) is 0 Å². The SMILES string of the molecule is O=C(NCCN1CCCC1)c1ccc[nH]c1=O. The van der Waals surface area contributed by atoms with Gasteiger partial charge in [-0.15, -0.1) is 0 Å². The van der Waals surface area contributed by atoms with E-state index in [0.717, 1.165) is 19.6 Å². The standard InChI is InChI=1S/C12H17N3O2/c16-11-10(4-3-5-13-11)12(17)14-6-9-15-7-1-2-8-15/h3-5H,1-2,6-9H2,(H,13,16)(H,14,17). The molecule has 2 heterocycles. The average molecular weight is 235 g/mol. The van der Waals surface area contributed by atoms with Crippen molar-refractivity contribution in [2.24, 2.45) is 0 Å². The lowest BCUT2D eigenvalue weighted by Gasteiger charge is -2.14. The van der Waals surface area contributed by atoms with E-state index in [1.54, 1.807) is 6.07 Å². The summed E-state index contributed by atoms with van der Waals surface area (Å²) in [5.74, 6) is -0.300. The molecule has 1 aromatic rings. The first kappa shape index (κ1) is 11.9. The summed E-state index contributed by atoms with van der Waals surface area (Å²) < 4.78 is 0. The minimum atomic E-state index is -0.342. The predicted molar refractivity (Wildman–Crippen MR) is 65.1 cm³/mol. The minimum absolute atomic E-state index is 0.175. The lowest BCUT2D eigenvalue weighted by Crippen LogP contribution is -2.35. The molecule has 1 fully saturated rings. The summed E-state index contributed by atoms with van der Waals surface area (Å²) >= 11 is 0. The fourth-order valence-electron chi connectivity index (χ4n) is 2.03. The monoisotopic (exact) mass is 235 g/mol. The number of rotatable bonds is 4. The number of aromatic nitrogens is 1. The molecule has 2 N–H and O–H groups in total. The van der Waals surface area contributed by atoms with Gasteiger partial charge in [-0.2, -0.15) is 0 Å². The van der Waals surface area contributed by atoms with Gasteiger partial charge in [-0.05, 0) is 38.1 Å². The van der Waals surface area contributed by atoms with Crippen molar-refractivity contribution in [1.82, 2.24) is 15.2 Å². The molecule has 0 aliphatic carbocycles. The highest BCUT2D eigenvalue weighted by molar-refractivity contribution is 5.93. The molecule has 17 heavy (non-hydrogen) atoms. The lowest BCUT2D eigenvalue weighted by atomic mass is 10.2. The summed E-state index contributed by atoms with van der Waals surface area (Å²) in [6.07, 6.45) is 4.00. The number of likely N-dealkylation sites (tertiary alicyclic amines) is 1. The molecule has 1 amide bonds. The van der Waals surface area contributed by atoms with Crippen LogP contribution in [0.15, 0.2) is 23.1 Å². The van der Waals surface area contributed by atoms with Gasteiger partial charge in [0.25, 0.3) is 11.5 Å². The zero-order valence-electron chi connectivity index (χ0n) is 9.74. The summed E-state index contributed by atoms with van der Waals surface area (Å²) in [5.41, 5.74) is -0.167. The van der Waals surface area contributed by atoms with Crippen molar-refractivity contribution in [3.63, 3.8) is 0 Å². The third-order valence-electron chi connectivity index (χ3n) is 2.98. The molecule has 1 aliphatic rings. The molecule has 0 bridgehead atoms. The average Bonchev–Trinajstić information content (AvgIpc) is 2.82. The van der Waals surface area contributed by atoms with Crippen LogP contribution < -0.4 is 10.9 Å². The van der Waals surface area contributed by atoms with Crippen molar-refractivity contribution in [3.8, 4) is 0 Å². The highest BCUT2D eigenvalue weighted by Gasteiger charge is 2.12. The molecule has 0 saturated carbocycles. The predicted octanol–water partition coefficient (Wildman–Crippen LogP) is 0.200. The van der Waals surface area contributed by atoms with Crippen LogP contribution in [0.25, 0.3) is 0 Å². The van der Waals surface area contributed by atoms with E-state index in [1.165, 1.54) is 25.1 Å². The quantitative estimate of drug-likeness (QED) is 0.783.